The Labute approximate surface area is 544 Å². The second kappa shape index (κ2) is 21.5. The number of benzene rings is 14. The van der Waals surface area contributed by atoms with Gasteiger partial charge in [-0.15, -0.1) is 0 Å². The van der Waals surface area contributed by atoms with E-state index in [1.807, 2.05) is 0 Å². The predicted molar refractivity (Wildman–Crippen MR) is 395 cm³/mol. The molecule has 0 fully saturated rings. The van der Waals surface area contributed by atoms with Gasteiger partial charge in [-0.05, 0) is 175 Å². The number of hydrogen-bond donors (Lipinski definition) is 0. The smallest absolute Gasteiger partial charge is 0.104 e. The van der Waals surface area contributed by atoms with Crippen molar-refractivity contribution in [3.63, 3.8) is 0 Å². The van der Waals surface area contributed by atoms with Crippen molar-refractivity contribution in [1.82, 2.24) is 18.3 Å². The normalized spacial score (nSPS) is 11.8. The Morgan fingerprint density at radius 3 is 0.670 bits per heavy atom. The number of nitrogens with zero attached hydrogens (tertiary/aromatic N) is 5. The summed E-state index contributed by atoms with van der Waals surface area (Å²) in [5, 5.41) is 22.4. The first kappa shape index (κ1) is 54.7. The molecule has 0 atom stereocenters. The largest absolute Gasteiger partial charge is 0.306 e. The van der Waals surface area contributed by atoms with Gasteiger partial charge in [-0.1, -0.05) is 222 Å². The fourth-order valence-electron chi connectivity index (χ4n) is 15.3. The zero-order valence-electron chi connectivity index (χ0n) is 52.5. The molecule has 0 saturated heterocycles. The number of fused-ring (bicyclic) bond motifs is 12. The monoisotopic (exact) mass is 1200 g/mol. The third kappa shape index (κ3) is 8.47. The number of hydrogen-bond acceptors (Lipinski definition) is 1. The van der Waals surface area contributed by atoms with Crippen molar-refractivity contribution in [2.75, 3.05) is 0 Å². The maximum Gasteiger partial charge on any atom is 0.104 e. The Kier molecular flexibility index (Phi) is 12.5. The van der Waals surface area contributed by atoms with Crippen LogP contribution in [0.15, 0.2) is 297 Å². The summed E-state index contributed by atoms with van der Waals surface area (Å²) in [7, 11) is 0. The average molecular weight is 1200 g/mol. The van der Waals surface area contributed by atoms with E-state index in [-0.39, 0.29) is 0 Å². The van der Waals surface area contributed by atoms with E-state index in [0.717, 1.165) is 166 Å². The zero-order valence-corrected chi connectivity index (χ0v) is 52.5. The molecule has 5 nitrogen and oxygen atoms in total. The minimum Gasteiger partial charge on any atom is -0.306 e. The van der Waals surface area contributed by atoms with Crippen LogP contribution in [0.4, 0.5) is 0 Å². The van der Waals surface area contributed by atoms with Gasteiger partial charge in [0.05, 0.1) is 66.9 Å². The lowest BCUT2D eigenvalue weighted by atomic mass is 9.93. The number of nitriles is 1. The molecule has 0 unspecified atom stereocenters. The highest BCUT2D eigenvalue weighted by molar-refractivity contribution is 6.18. The first-order chi connectivity index (χ1) is 46.2. The third-order valence-electron chi connectivity index (χ3n) is 19.6. The Morgan fingerprint density at radius 1 is 0.213 bits per heavy atom. The maximum absolute atomic E-state index is 13.5. The van der Waals surface area contributed by atoms with Crippen LogP contribution in [0, 0.1) is 39.0 Å². The first-order valence-corrected chi connectivity index (χ1v) is 32.4. The van der Waals surface area contributed by atoms with Crippen molar-refractivity contribution < 1.29 is 0 Å². The fraction of sp³-hybridized carbons (Fsp3) is 0.0449. The molecule has 0 aliphatic carbocycles. The summed E-state index contributed by atoms with van der Waals surface area (Å²) in [4.78, 5) is 0. The molecule has 0 N–H and O–H groups in total. The standard InChI is InChI=1S/C89H61N5/c1-55-30-38-77-68(46-55)69-47-56(2)31-39-78(69)93(77)88-85(63-28-18-9-19-29-63)89(94-79-40-32-57(3)48-70(79)71-49-58(4)33-41-80(71)94)87(92-83-44-36-66(61-24-14-7-15-25-61)52-74(83)75-53-67(37-45-84(75)92)62-26-16-8-17-27-62)76(54-90)86(88)91-81-42-34-64(59-20-10-5-11-21-59)50-72(81)73-51-65(35-43-82(73)91)60-22-12-6-13-23-60/h5-53H,1-4H3. The molecule has 0 saturated carbocycles. The summed E-state index contributed by atoms with van der Waals surface area (Å²) in [6.07, 6.45) is 0. The van der Waals surface area contributed by atoms with E-state index < -0.39 is 0 Å². The van der Waals surface area contributed by atoms with Crippen LogP contribution in [0.2, 0.25) is 0 Å². The molecule has 0 spiro atoms. The van der Waals surface area contributed by atoms with E-state index in [1.165, 1.54) is 22.3 Å². The van der Waals surface area contributed by atoms with Crippen LogP contribution in [0.1, 0.15) is 27.8 Å². The molecule has 18 rings (SSSR count). The van der Waals surface area contributed by atoms with Crippen LogP contribution in [-0.2, 0) is 0 Å². The van der Waals surface area contributed by atoms with Crippen LogP contribution in [-0.4, -0.2) is 18.3 Å². The summed E-state index contributed by atoms with van der Waals surface area (Å²) >= 11 is 0. The highest BCUT2D eigenvalue weighted by atomic mass is 15.1. The molecular weight excluding hydrogens is 1140 g/mol. The van der Waals surface area contributed by atoms with Crippen molar-refractivity contribution >= 4 is 87.2 Å². The molecule has 0 bridgehead atoms. The number of rotatable bonds is 9. The van der Waals surface area contributed by atoms with Gasteiger partial charge in [-0.2, -0.15) is 5.26 Å². The number of aryl methyl sites for hydroxylation is 4. The third-order valence-corrected chi connectivity index (χ3v) is 19.6. The van der Waals surface area contributed by atoms with E-state index in [4.69, 9.17) is 0 Å². The van der Waals surface area contributed by atoms with E-state index in [9.17, 15) is 5.26 Å². The number of aromatic nitrogens is 4. The van der Waals surface area contributed by atoms with Gasteiger partial charge in [-0.25, -0.2) is 0 Å². The van der Waals surface area contributed by atoms with E-state index >= 15 is 0 Å². The lowest BCUT2D eigenvalue weighted by molar-refractivity contribution is 1.04. The van der Waals surface area contributed by atoms with Crippen LogP contribution in [0.5, 0.6) is 0 Å². The van der Waals surface area contributed by atoms with Gasteiger partial charge in [-0.3, -0.25) is 0 Å². The second-order valence-corrected chi connectivity index (χ2v) is 25.4. The molecule has 94 heavy (non-hydrogen) atoms. The Morgan fingerprint density at radius 2 is 0.426 bits per heavy atom. The van der Waals surface area contributed by atoms with Crippen molar-refractivity contribution in [2.45, 2.75) is 27.7 Å². The zero-order chi connectivity index (χ0) is 62.9. The van der Waals surface area contributed by atoms with Crippen LogP contribution >= 0.6 is 0 Å². The van der Waals surface area contributed by atoms with Gasteiger partial charge in [0.2, 0.25) is 0 Å². The van der Waals surface area contributed by atoms with Gasteiger partial charge in [0.15, 0.2) is 0 Å². The quantitative estimate of drug-likeness (QED) is 0.142. The van der Waals surface area contributed by atoms with Gasteiger partial charge < -0.3 is 18.3 Å². The Bertz CT molecular complexity index is 5510. The average Bonchev–Trinajstić information content (AvgIpc) is 1.46. The predicted octanol–water partition coefficient (Wildman–Crippen LogP) is 23.5. The second-order valence-electron chi connectivity index (χ2n) is 25.4. The van der Waals surface area contributed by atoms with Crippen molar-refractivity contribution in [3.8, 4) is 84.5 Å². The molecule has 0 radical (unpaired) electrons. The lowest BCUT2D eigenvalue weighted by Gasteiger charge is -2.29. The van der Waals surface area contributed by atoms with Crippen molar-refractivity contribution in [2.24, 2.45) is 0 Å². The Balaban J connectivity index is 1.13. The summed E-state index contributed by atoms with van der Waals surface area (Å²) in [6.45, 7) is 8.76. The van der Waals surface area contributed by atoms with Gasteiger partial charge in [0, 0.05) is 48.7 Å². The summed E-state index contributed by atoms with van der Waals surface area (Å²) < 4.78 is 9.93. The highest BCUT2D eigenvalue weighted by Crippen LogP contribution is 2.53. The lowest BCUT2D eigenvalue weighted by Crippen LogP contribution is -2.16. The topological polar surface area (TPSA) is 43.5 Å². The van der Waals surface area contributed by atoms with E-state index in [1.54, 1.807) is 0 Å². The molecule has 4 heterocycles. The Hall–Kier alpha value is -12.2. The fourth-order valence-corrected chi connectivity index (χ4v) is 15.3. The molecule has 0 aliphatic heterocycles. The minimum absolute atomic E-state index is 0.518. The van der Waals surface area contributed by atoms with Gasteiger partial charge >= 0.3 is 0 Å². The summed E-state index contributed by atoms with van der Waals surface area (Å²) in [5.74, 6) is 0. The van der Waals surface area contributed by atoms with Crippen LogP contribution in [0.25, 0.3) is 166 Å². The SMILES string of the molecule is Cc1ccc2c(c1)c1cc(C)ccc1n2-c1c(-c2ccccc2)c(-n2c3ccc(C)cc3c3cc(C)ccc32)c(-n2c3ccc(-c4ccccc4)cc3c3cc(-c4ccccc4)ccc32)c(C#N)c1-n1c2ccc(-c3ccccc3)cc2c2cc(-c3ccccc3)ccc21. The highest BCUT2D eigenvalue weighted by Gasteiger charge is 2.35. The first-order valence-electron chi connectivity index (χ1n) is 32.4. The van der Waals surface area contributed by atoms with Crippen molar-refractivity contribution in [3.05, 3.63) is 325 Å². The maximum atomic E-state index is 13.5. The van der Waals surface area contributed by atoms with E-state index in [2.05, 4.69) is 349 Å². The molecular formula is C89H61N5. The molecule has 14 aromatic carbocycles. The minimum atomic E-state index is 0.518. The molecule has 0 amide bonds. The molecule has 5 heteroatoms. The van der Waals surface area contributed by atoms with Crippen molar-refractivity contribution in [1.29, 1.82) is 5.26 Å². The molecule has 4 aromatic heterocycles. The van der Waals surface area contributed by atoms with E-state index in [0.29, 0.717) is 5.56 Å². The van der Waals surface area contributed by atoms with Crippen LogP contribution < -0.4 is 0 Å². The van der Waals surface area contributed by atoms with Gasteiger partial charge in [0.25, 0.3) is 0 Å². The van der Waals surface area contributed by atoms with Crippen LogP contribution in [0.3, 0.4) is 0 Å². The summed E-state index contributed by atoms with van der Waals surface area (Å²) in [5.41, 5.74) is 27.5. The summed E-state index contributed by atoms with van der Waals surface area (Å²) in [6, 6.07) is 112. The van der Waals surface area contributed by atoms with Gasteiger partial charge in [0.1, 0.15) is 11.6 Å². The molecule has 18 aromatic rings. The molecule has 442 valence electrons. The molecule has 0 aliphatic rings.